The molecule has 1 aliphatic heterocycles. The van der Waals surface area contributed by atoms with E-state index in [4.69, 9.17) is 15.2 Å². The lowest BCUT2D eigenvalue weighted by Crippen LogP contribution is -2.55. The fourth-order valence-corrected chi connectivity index (χ4v) is 2.23. The van der Waals surface area contributed by atoms with E-state index in [1.165, 1.54) is 0 Å². The molecular weight excluding hydrogens is 244 g/mol. The Hall–Kier alpha value is -0.650. The molecule has 1 saturated heterocycles. The number of carbonyl (C=O) groups is 1. The SMILES string of the molecule is CCC(CC)(CN)NC(=O)C(C)OCC1CCCO1. The van der Waals surface area contributed by atoms with Crippen molar-refractivity contribution in [3.05, 3.63) is 0 Å². The lowest BCUT2D eigenvalue weighted by atomic mass is 9.92. The van der Waals surface area contributed by atoms with Crippen molar-refractivity contribution in [2.45, 2.75) is 64.2 Å². The summed E-state index contributed by atoms with van der Waals surface area (Å²) in [6.07, 6.45) is 3.43. The van der Waals surface area contributed by atoms with E-state index in [-0.39, 0.29) is 17.6 Å². The Morgan fingerprint density at radius 1 is 1.53 bits per heavy atom. The summed E-state index contributed by atoms with van der Waals surface area (Å²) in [5, 5.41) is 3.02. The Morgan fingerprint density at radius 3 is 2.68 bits per heavy atom. The molecular formula is C14H28N2O3. The molecule has 0 bridgehead atoms. The predicted octanol–water partition coefficient (Wildman–Crippen LogP) is 1.20. The van der Waals surface area contributed by atoms with Crippen molar-refractivity contribution in [1.29, 1.82) is 0 Å². The maximum Gasteiger partial charge on any atom is 0.249 e. The van der Waals surface area contributed by atoms with Crippen molar-refractivity contribution in [3.63, 3.8) is 0 Å². The average Bonchev–Trinajstić information content (AvgIpc) is 2.95. The molecule has 0 spiro atoms. The summed E-state index contributed by atoms with van der Waals surface area (Å²) >= 11 is 0. The van der Waals surface area contributed by atoms with Crippen LogP contribution in [0.1, 0.15) is 46.5 Å². The average molecular weight is 272 g/mol. The summed E-state index contributed by atoms with van der Waals surface area (Å²) in [6, 6.07) is 0. The number of hydrogen-bond acceptors (Lipinski definition) is 4. The van der Waals surface area contributed by atoms with Crippen LogP contribution in [0.4, 0.5) is 0 Å². The molecule has 2 unspecified atom stereocenters. The van der Waals surface area contributed by atoms with Crippen LogP contribution in [0.5, 0.6) is 0 Å². The van der Waals surface area contributed by atoms with Crippen molar-refractivity contribution < 1.29 is 14.3 Å². The first-order chi connectivity index (χ1) is 9.06. The minimum absolute atomic E-state index is 0.0906. The highest BCUT2D eigenvalue weighted by Gasteiger charge is 2.29. The summed E-state index contributed by atoms with van der Waals surface area (Å²) in [5.74, 6) is -0.0906. The normalized spacial score (nSPS) is 21.4. The van der Waals surface area contributed by atoms with Gasteiger partial charge in [0.1, 0.15) is 6.10 Å². The van der Waals surface area contributed by atoms with Crippen LogP contribution >= 0.6 is 0 Å². The summed E-state index contributed by atoms with van der Waals surface area (Å²) in [6.45, 7) is 7.59. The van der Waals surface area contributed by atoms with Crippen LogP contribution in [0.2, 0.25) is 0 Å². The van der Waals surface area contributed by atoms with Crippen molar-refractivity contribution in [2.75, 3.05) is 19.8 Å². The summed E-state index contributed by atoms with van der Waals surface area (Å²) in [7, 11) is 0. The molecule has 0 aromatic rings. The number of nitrogens with two attached hydrogens (primary N) is 1. The summed E-state index contributed by atoms with van der Waals surface area (Å²) in [4.78, 5) is 12.1. The summed E-state index contributed by atoms with van der Waals surface area (Å²) < 4.78 is 11.1. The second-order valence-corrected chi connectivity index (χ2v) is 5.29. The van der Waals surface area contributed by atoms with Crippen LogP contribution in [0.3, 0.4) is 0 Å². The van der Waals surface area contributed by atoms with E-state index in [2.05, 4.69) is 5.32 Å². The molecule has 1 aliphatic rings. The summed E-state index contributed by atoms with van der Waals surface area (Å²) in [5.41, 5.74) is 5.47. The molecule has 1 rings (SSSR count). The first kappa shape index (κ1) is 16.4. The van der Waals surface area contributed by atoms with Gasteiger partial charge in [-0.25, -0.2) is 0 Å². The van der Waals surface area contributed by atoms with Crippen molar-refractivity contribution in [1.82, 2.24) is 5.32 Å². The molecule has 5 heteroatoms. The smallest absolute Gasteiger partial charge is 0.249 e. The first-order valence-corrected chi connectivity index (χ1v) is 7.32. The minimum Gasteiger partial charge on any atom is -0.376 e. The molecule has 0 aromatic carbocycles. The van der Waals surface area contributed by atoms with E-state index in [0.717, 1.165) is 32.3 Å². The van der Waals surface area contributed by atoms with Gasteiger partial charge in [0.15, 0.2) is 0 Å². The van der Waals surface area contributed by atoms with Crippen LogP contribution < -0.4 is 11.1 Å². The second-order valence-electron chi connectivity index (χ2n) is 5.29. The van der Waals surface area contributed by atoms with Crippen LogP contribution in [-0.2, 0) is 14.3 Å². The number of rotatable bonds is 8. The third-order valence-corrected chi connectivity index (χ3v) is 4.06. The van der Waals surface area contributed by atoms with E-state index in [0.29, 0.717) is 13.2 Å². The van der Waals surface area contributed by atoms with E-state index in [1.807, 2.05) is 13.8 Å². The number of nitrogens with one attached hydrogen (secondary N) is 1. The zero-order valence-corrected chi connectivity index (χ0v) is 12.4. The van der Waals surface area contributed by atoms with Gasteiger partial charge in [-0.2, -0.15) is 0 Å². The first-order valence-electron chi connectivity index (χ1n) is 7.32. The fourth-order valence-electron chi connectivity index (χ4n) is 2.23. The van der Waals surface area contributed by atoms with E-state index in [9.17, 15) is 4.79 Å². The van der Waals surface area contributed by atoms with Gasteiger partial charge in [-0.15, -0.1) is 0 Å². The highest BCUT2D eigenvalue weighted by molar-refractivity contribution is 5.81. The van der Waals surface area contributed by atoms with Gasteiger partial charge in [-0.3, -0.25) is 4.79 Å². The topological polar surface area (TPSA) is 73.6 Å². The zero-order chi connectivity index (χ0) is 14.3. The number of carbonyl (C=O) groups excluding carboxylic acids is 1. The fraction of sp³-hybridized carbons (Fsp3) is 0.929. The molecule has 2 atom stereocenters. The van der Waals surface area contributed by atoms with Gasteiger partial charge >= 0.3 is 0 Å². The maximum atomic E-state index is 12.1. The molecule has 0 radical (unpaired) electrons. The van der Waals surface area contributed by atoms with Crippen LogP contribution in [0.15, 0.2) is 0 Å². The molecule has 0 saturated carbocycles. The van der Waals surface area contributed by atoms with Gasteiger partial charge < -0.3 is 20.5 Å². The van der Waals surface area contributed by atoms with Crippen LogP contribution in [-0.4, -0.2) is 43.4 Å². The Bertz CT molecular complexity index is 266. The molecule has 1 fully saturated rings. The second kappa shape index (κ2) is 7.82. The Balaban J connectivity index is 2.38. The van der Waals surface area contributed by atoms with E-state index < -0.39 is 6.10 Å². The number of ether oxygens (including phenoxy) is 2. The van der Waals surface area contributed by atoms with Gasteiger partial charge in [0.25, 0.3) is 0 Å². The third kappa shape index (κ3) is 4.75. The van der Waals surface area contributed by atoms with Crippen LogP contribution in [0.25, 0.3) is 0 Å². The standard InChI is InChI=1S/C14H28N2O3/c1-4-14(5-2,10-15)16-13(17)11(3)19-9-12-7-6-8-18-12/h11-12H,4-10,15H2,1-3H3,(H,16,17). The van der Waals surface area contributed by atoms with Crippen molar-refractivity contribution in [2.24, 2.45) is 5.73 Å². The highest BCUT2D eigenvalue weighted by atomic mass is 16.5. The maximum absolute atomic E-state index is 12.1. The molecule has 5 nitrogen and oxygen atoms in total. The van der Waals surface area contributed by atoms with E-state index in [1.54, 1.807) is 6.92 Å². The van der Waals surface area contributed by atoms with Gasteiger partial charge in [0, 0.05) is 13.2 Å². The lowest BCUT2D eigenvalue weighted by Gasteiger charge is -2.32. The molecule has 0 aromatic heterocycles. The van der Waals surface area contributed by atoms with Gasteiger partial charge in [0.05, 0.1) is 18.2 Å². The molecule has 1 amide bonds. The monoisotopic (exact) mass is 272 g/mol. The lowest BCUT2D eigenvalue weighted by molar-refractivity contribution is -0.135. The third-order valence-electron chi connectivity index (χ3n) is 4.06. The molecule has 1 heterocycles. The van der Waals surface area contributed by atoms with Crippen LogP contribution in [0, 0.1) is 0 Å². The Labute approximate surface area is 116 Å². The van der Waals surface area contributed by atoms with Gasteiger partial charge in [-0.1, -0.05) is 13.8 Å². The predicted molar refractivity (Wildman–Crippen MR) is 74.9 cm³/mol. The van der Waals surface area contributed by atoms with Gasteiger partial charge in [0.2, 0.25) is 5.91 Å². The van der Waals surface area contributed by atoms with Crippen molar-refractivity contribution >= 4 is 5.91 Å². The molecule has 0 aliphatic carbocycles. The number of amides is 1. The van der Waals surface area contributed by atoms with E-state index >= 15 is 0 Å². The van der Waals surface area contributed by atoms with Gasteiger partial charge in [-0.05, 0) is 32.6 Å². The largest absolute Gasteiger partial charge is 0.376 e. The number of hydrogen-bond donors (Lipinski definition) is 2. The zero-order valence-electron chi connectivity index (χ0n) is 12.4. The molecule has 112 valence electrons. The highest BCUT2D eigenvalue weighted by Crippen LogP contribution is 2.15. The Morgan fingerprint density at radius 2 is 2.21 bits per heavy atom. The minimum atomic E-state index is -0.465. The quantitative estimate of drug-likeness (QED) is 0.696. The Kier molecular flexibility index (Phi) is 6.75. The van der Waals surface area contributed by atoms with Crippen molar-refractivity contribution in [3.8, 4) is 0 Å². The molecule has 19 heavy (non-hydrogen) atoms. The molecule has 3 N–H and O–H groups in total.